The van der Waals surface area contributed by atoms with Crippen LogP contribution in [-0.2, 0) is 14.4 Å². The van der Waals surface area contributed by atoms with Gasteiger partial charge in [-0.25, -0.2) is 4.79 Å². The van der Waals surface area contributed by atoms with Gasteiger partial charge in [0.1, 0.15) is 4.32 Å². The van der Waals surface area contributed by atoms with Crippen molar-refractivity contribution in [1.29, 1.82) is 0 Å². The van der Waals surface area contributed by atoms with Crippen LogP contribution in [0.2, 0.25) is 0 Å². The lowest BCUT2D eigenvalue weighted by atomic mass is 10.0. The number of aliphatic carboxylic acids is 2. The van der Waals surface area contributed by atoms with Crippen LogP contribution in [0.15, 0.2) is 0 Å². The zero-order valence-corrected chi connectivity index (χ0v) is 15.0. The second kappa shape index (κ2) is 12.9. The average molecular weight is 397 g/mol. The molecule has 0 aromatic carbocycles. The van der Waals surface area contributed by atoms with E-state index in [1.54, 1.807) is 0 Å². The van der Waals surface area contributed by atoms with Crippen molar-refractivity contribution >= 4 is 39.8 Å². The van der Waals surface area contributed by atoms with Crippen LogP contribution in [0.5, 0.6) is 0 Å². The summed E-state index contributed by atoms with van der Waals surface area (Å²) in [5.41, 5.74) is 4.81. The summed E-state index contributed by atoms with van der Waals surface area (Å²) < 4.78 is -0.665. The van der Waals surface area contributed by atoms with Crippen molar-refractivity contribution in [3.63, 3.8) is 0 Å². The van der Waals surface area contributed by atoms with Crippen LogP contribution in [0, 0.1) is 0 Å². The molecule has 0 aliphatic rings. The molecule has 0 saturated heterocycles. The van der Waals surface area contributed by atoms with Crippen LogP contribution >= 0.6 is 15.9 Å². The van der Waals surface area contributed by atoms with Gasteiger partial charge in [0.25, 0.3) is 0 Å². The number of carboxylic acid groups (broad SMARTS) is 2. The number of nitrogens with one attached hydrogen (secondary N) is 1. The number of hydrogen-bond acceptors (Lipinski definition) is 4. The topological polar surface area (TPSA) is 147 Å². The Labute approximate surface area is 143 Å². The first-order valence-electron chi connectivity index (χ1n) is 7.32. The summed E-state index contributed by atoms with van der Waals surface area (Å²) >= 11 is 3.26. The van der Waals surface area contributed by atoms with Gasteiger partial charge in [0, 0.05) is 12.8 Å². The van der Waals surface area contributed by atoms with E-state index in [0.717, 1.165) is 0 Å². The van der Waals surface area contributed by atoms with Crippen molar-refractivity contribution in [3.8, 4) is 0 Å². The zero-order valence-electron chi connectivity index (χ0n) is 13.4. The molecule has 3 amide bonds. The molecule has 134 valence electrons. The molecule has 5 N–H and O–H groups in total. The third-order valence-corrected chi connectivity index (χ3v) is 4.53. The van der Waals surface area contributed by atoms with Crippen molar-refractivity contribution in [2.45, 2.75) is 63.1 Å². The van der Waals surface area contributed by atoms with Gasteiger partial charge in [0.2, 0.25) is 5.91 Å². The number of imide groups is 1. The van der Waals surface area contributed by atoms with E-state index in [-0.39, 0.29) is 18.7 Å². The second-order valence-electron chi connectivity index (χ2n) is 4.84. The molecule has 0 bridgehead atoms. The van der Waals surface area contributed by atoms with Crippen LogP contribution < -0.4 is 11.1 Å². The minimum absolute atomic E-state index is 0.139. The molecule has 8 nitrogen and oxygen atoms in total. The first-order chi connectivity index (χ1) is 10.6. The monoisotopic (exact) mass is 396 g/mol. The highest BCUT2D eigenvalue weighted by Crippen LogP contribution is 2.26. The van der Waals surface area contributed by atoms with E-state index in [4.69, 9.17) is 15.9 Å². The van der Waals surface area contributed by atoms with Gasteiger partial charge in [-0.2, -0.15) is 0 Å². The summed E-state index contributed by atoms with van der Waals surface area (Å²) in [5.74, 6) is -2.01. The number of alkyl halides is 1. The van der Waals surface area contributed by atoms with Crippen molar-refractivity contribution in [1.82, 2.24) is 5.32 Å². The molecule has 0 aromatic heterocycles. The highest BCUT2D eigenvalue weighted by Gasteiger charge is 2.32. The Kier molecular flexibility index (Phi) is 13.2. The number of unbranched alkanes of at least 4 members (excludes halogenated alkanes) is 2. The SMILES string of the molecule is CCC(Br)(CC)C(=O)NC(N)=O.O=C(O)CCCCCC(=O)O. The third-order valence-electron chi connectivity index (χ3n) is 3.05. The number of primary amides is 1. The van der Waals surface area contributed by atoms with Gasteiger partial charge in [0.15, 0.2) is 0 Å². The fourth-order valence-corrected chi connectivity index (χ4v) is 1.62. The van der Waals surface area contributed by atoms with Crippen LogP contribution in [0.3, 0.4) is 0 Å². The molecule has 0 atom stereocenters. The Bertz CT molecular complexity index is 394. The molecular formula is C14H25BrN2O6. The van der Waals surface area contributed by atoms with Crippen molar-refractivity contribution < 1.29 is 29.4 Å². The number of amides is 3. The minimum Gasteiger partial charge on any atom is -0.481 e. The predicted octanol–water partition coefficient (Wildman–Crippen LogP) is 2.24. The molecule has 0 aliphatic heterocycles. The van der Waals surface area contributed by atoms with Crippen LogP contribution in [0.4, 0.5) is 4.79 Å². The van der Waals surface area contributed by atoms with E-state index in [1.165, 1.54) is 0 Å². The van der Waals surface area contributed by atoms with Gasteiger partial charge < -0.3 is 15.9 Å². The lowest BCUT2D eigenvalue weighted by molar-refractivity contribution is -0.137. The van der Waals surface area contributed by atoms with Gasteiger partial charge in [-0.1, -0.05) is 36.2 Å². The van der Waals surface area contributed by atoms with E-state index in [2.05, 4.69) is 15.9 Å². The van der Waals surface area contributed by atoms with Crippen molar-refractivity contribution in [2.24, 2.45) is 5.73 Å². The van der Waals surface area contributed by atoms with Crippen LogP contribution in [0.1, 0.15) is 58.8 Å². The summed E-state index contributed by atoms with van der Waals surface area (Å²) in [5, 5.41) is 18.4. The lowest BCUT2D eigenvalue weighted by Crippen LogP contribution is -2.46. The summed E-state index contributed by atoms with van der Waals surface area (Å²) in [7, 11) is 0. The Morgan fingerprint density at radius 3 is 1.61 bits per heavy atom. The van der Waals surface area contributed by atoms with E-state index >= 15 is 0 Å². The average Bonchev–Trinajstić information content (AvgIpc) is 2.45. The van der Waals surface area contributed by atoms with Crippen molar-refractivity contribution in [2.75, 3.05) is 0 Å². The van der Waals surface area contributed by atoms with Gasteiger partial charge >= 0.3 is 18.0 Å². The molecule has 0 fully saturated rings. The van der Waals surface area contributed by atoms with E-state index in [1.807, 2.05) is 19.2 Å². The Hall–Kier alpha value is -1.64. The number of urea groups is 1. The van der Waals surface area contributed by atoms with Crippen LogP contribution in [-0.4, -0.2) is 38.4 Å². The number of carbonyl (C=O) groups excluding carboxylic acids is 2. The van der Waals surface area contributed by atoms with E-state index in [9.17, 15) is 19.2 Å². The van der Waals surface area contributed by atoms with E-state index in [0.29, 0.717) is 32.1 Å². The van der Waals surface area contributed by atoms with Crippen molar-refractivity contribution in [3.05, 3.63) is 0 Å². The van der Waals surface area contributed by atoms with Crippen LogP contribution in [0.25, 0.3) is 0 Å². The molecule has 0 unspecified atom stereocenters. The summed E-state index contributed by atoms with van der Waals surface area (Å²) in [4.78, 5) is 41.6. The summed E-state index contributed by atoms with van der Waals surface area (Å²) in [6.45, 7) is 3.72. The van der Waals surface area contributed by atoms with Gasteiger partial charge in [-0.05, 0) is 25.7 Å². The third kappa shape index (κ3) is 13.7. The maximum Gasteiger partial charge on any atom is 0.318 e. The Balaban J connectivity index is 0. The number of carboxylic acids is 2. The second-order valence-corrected chi connectivity index (χ2v) is 6.36. The molecule has 0 radical (unpaired) electrons. The largest absolute Gasteiger partial charge is 0.481 e. The molecule has 0 aromatic rings. The molecule has 0 aliphatic carbocycles. The standard InChI is InChI=1S/C7H13BrN2O2.C7H12O4/c1-3-7(8,4-2)5(11)10-6(9)12;8-6(9)4-2-1-3-5-7(10)11/h3-4H2,1-2H3,(H3,9,10,11,12);1-5H2,(H,8,9)(H,10,11). The molecular weight excluding hydrogens is 372 g/mol. The number of halogens is 1. The van der Waals surface area contributed by atoms with E-state index < -0.39 is 22.3 Å². The van der Waals surface area contributed by atoms with Gasteiger partial charge in [-0.3, -0.25) is 19.7 Å². The predicted molar refractivity (Wildman–Crippen MR) is 88.3 cm³/mol. The lowest BCUT2D eigenvalue weighted by Gasteiger charge is -2.21. The fraction of sp³-hybridized carbons (Fsp3) is 0.714. The molecule has 23 heavy (non-hydrogen) atoms. The van der Waals surface area contributed by atoms with Gasteiger partial charge in [0.05, 0.1) is 0 Å². The maximum absolute atomic E-state index is 11.3. The highest BCUT2D eigenvalue weighted by molar-refractivity contribution is 9.10. The normalized spacial score (nSPS) is 10.2. The molecule has 0 spiro atoms. The summed E-state index contributed by atoms with van der Waals surface area (Å²) in [6, 6.07) is -0.814. The molecule has 0 rings (SSSR count). The number of rotatable bonds is 9. The summed E-state index contributed by atoms with van der Waals surface area (Å²) in [6.07, 6.45) is 3.33. The Morgan fingerprint density at radius 2 is 1.35 bits per heavy atom. The zero-order chi connectivity index (χ0) is 18.5. The minimum atomic E-state index is -0.819. The quantitative estimate of drug-likeness (QED) is 0.347. The maximum atomic E-state index is 11.3. The first kappa shape index (κ1) is 23.6. The first-order valence-corrected chi connectivity index (χ1v) is 8.11. The molecule has 9 heteroatoms. The smallest absolute Gasteiger partial charge is 0.318 e. The number of carbonyl (C=O) groups is 4. The fourth-order valence-electron chi connectivity index (χ4n) is 1.52. The number of nitrogens with two attached hydrogens (primary N) is 1. The Morgan fingerprint density at radius 1 is 0.957 bits per heavy atom. The highest BCUT2D eigenvalue weighted by atomic mass is 79.9. The molecule has 0 heterocycles. The molecule has 0 saturated carbocycles. The number of hydrogen-bond donors (Lipinski definition) is 4. The van der Waals surface area contributed by atoms with Gasteiger partial charge in [-0.15, -0.1) is 0 Å².